The van der Waals surface area contributed by atoms with Gasteiger partial charge in [0.15, 0.2) is 0 Å². The van der Waals surface area contributed by atoms with Crippen molar-refractivity contribution in [1.82, 2.24) is 0 Å². The molecule has 0 aliphatic carbocycles. The van der Waals surface area contributed by atoms with E-state index in [4.69, 9.17) is 18.1 Å². The predicted molar refractivity (Wildman–Crippen MR) is 103 cm³/mol. The number of alkyl halides is 1. The van der Waals surface area contributed by atoms with Crippen LogP contribution in [0.2, 0.25) is 0 Å². The molecule has 0 atom stereocenters. The van der Waals surface area contributed by atoms with Crippen LogP contribution in [0.25, 0.3) is 0 Å². The minimum absolute atomic E-state index is 0.0818. The highest BCUT2D eigenvalue weighted by molar-refractivity contribution is 9.10. The van der Waals surface area contributed by atoms with Gasteiger partial charge in [-0.15, -0.1) is 0 Å². The number of benzene rings is 1. The van der Waals surface area contributed by atoms with Gasteiger partial charge in [0, 0.05) is 10.9 Å². The van der Waals surface area contributed by atoms with E-state index in [1.807, 2.05) is 0 Å². The molecule has 0 bridgehead atoms. The maximum atomic E-state index is 16.4. The fraction of sp³-hybridized carbons (Fsp3) is 0.625. The van der Waals surface area contributed by atoms with Gasteiger partial charge in [0.05, 0.1) is 26.4 Å². The van der Waals surface area contributed by atoms with E-state index in [9.17, 15) is 9.13 Å². The molecule has 0 unspecified atom stereocenters. The van der Waals surface area contributed by atoms with Crippen molar-refractivity contribution in [3.8, 4) is 0 Å². The highest BCUT2D eigenvalue weighted by Gasteiger charge is 2.66. The Morgan fingerprint density at radius 2 is 1.19 bits per heavy atom. The van der Waals surface area contributed by atoms with Gasteiger partial charge in [0.25, 0.3) is 0 Å². The van der Waals surface area contributed by atoms with Crippen molar-refractivity contribution in [2.24, 2.45) is 0 Å². The van der Waals surface area contributed by atoms with Crippen LogP contribution in [0.4, 0.5) is 4.39 Å². The van der Waals surface area contributed by atoms with Crippen molar-refractivity contribution in [3.05, 3.63) is 34.3 Å². The van der Waals surface area contributed by atoms with Gasteiger partial charge in [-0.25, -0.2) is 4.39 Å². The Kier molecular flexibility index (Phi) is 9.65. The second kappa shape index (κ2) is 10.5. The lowest BCUT2D eigenvalue weighted by Gasteiger charge is -2.36. The summed E-state index contributed by atoms with van der Waals surface area (Å²) in [5.74, 6) is 0. The third-order valence-electron chi connectivity index (χ3n) is 3.38. The normalized spacial score (nSPS) is 13.2. The van der Waals surface area contributed by atoms with Gasteiger partial charge in [-0.05, 0) is 45.4 Å². The number of hydrogen-bond donors (Lipinski definition) is 0. The molecule has 1 rings (SSSR count). The Hall–Kier alpha value is -0.0700. The van der Waals surface area contributed by atoms with Crippen LogP contribution in [0, 0.1) is 0 Å². The highest BCUT2D eigenvalue weighted by Crippen LogP contribution is 2.79. The quantitative estimate of drug-likeness (QED) is 0.338. The first-order chi connectivity index (χ1) is 12.2. The largest absolute Gasteiger partial charge is 0.380 e. The molecule has 0 aliphatic rings. The summed E-state index contributed by atoms with van der Waals surface area (Å²) < 4.78 is 64.6. The van der Waals surface area contributed by atoms with Gasteiger partial charge in [0.2, 0.25) is 0 Å². The average molecular weight is 475 g/mol. The van der Waals surface area contributed by atoms with Gasteiger partial charge in [-0.3, -0.25) is 9.13 Å². The lowest BCUT2D eigenvalue weighted by Crippen LogP contribution is -2.31. The summed E-state index contributed by atoms with van der Waals surface area (Å²) >= 11 is 3.30. The lowest BCUT2D eigenvalue weighted by molar-refractivity contribution is 0.135. The zero-order valence-corrected chi connectivity index (χ0v) is 18.8. The minimum Gasteiger partial charge on any atom is -0.306 e. The summed E-state index contributed by atoms with van der Waals surface area (Å²) in [6, 6.07) is 6.66. The molecule has 0 radical (unpaired) electrons. The van der Waals surface area contributed by atoms with Gasteiger partial charge in [0.1, 0.15) is 0 Å². The minimum atomic E-state index is -4.49. The first-order valence-electron chi connectivity index (χ1n) is 8.43. The Labute approximate surface area is 162 Å². The molecule has 0 saturated carbocycles. The van der Waals surface area contributed by atoms with Crippen molar-refractivity contribution in [1.29, 1.82) is 0 Å². The number of halogens is 2. The first kappa shape index (κ1) is 24.0. The zero-order chi connectivity index (χ0) is 19.8. The third-order valence-corrected chi connectivity index (χ3v) is 9.76. The molecule has 1 aromatic carbocycles. The van der Waals surface area contributed by atoms with E-state index >= 15 is 4.39 Å². The molecule has 0 fully saturated rings. The molecule has 150 valence electrons. The SMILES string of the molecule is CCOP(=O)(OCC)C(F)(Cc1ccc(Br)cc1)P(=O)(OCC)OCC. The number of hydrogen-bond acceptors (Lipinski definition) is 6. The molecular formula is C16H26BrFO6P2. The van der Waals surface area contributed by atoms with Gasteiger partial charge < -0.3 is 18.1 Å². The summed E-state index contributed by atoms with van der Waals surface area (Å²) in [5, 5.41) is -2.98. The second-order valence-electron chi connectivity index (χ2n) is 5.19. The molecule has 1 aromatic rings. The Balaban J connectivity index is 3.53. The molecule has 0 N–H and O–H groups in total. The topological polar surface area (TPSA) is 71.1 Å². The zero-order valence-electron chi connectivity index (χ0n) is 15.4. The van der Waals surface area contributed by atoms with E-state index in [0.29, 0.717) is 5.56 Å². The van der Waals surface area contributed by atoms with Crippen LogP contribution in [0.15, 0.2) is 28.7 Å². The fourth-order valence-corrected chi connectivity index (χ4v) is 7.57. The standard InChI is InChI=1S/C16H26BrFO6P2/c1-5-21-25(19,22-6-2)16(18,26(20,23-7-3)24-8-4)13-14-9-11-15(17)12-10-14/h9-12H,5-8,13H2,1-4H3. The Morgan fingerprint density at radius 1 is 0.846 bits per heavy atom. The summed E-state index contributed by atoms with van der Waals surface area (Å²) in [6.07, 6.45) is -0.505. The smallest absolute Gasteiger partial charge is 0.306 e. The molecular weight excluding hydrogens is 449 g/mol. The third kappa shape index (κ3) is 5.26. The maximum absolute atomic E-state index is 16.4. The van der Waals surface area contributed by atoms with Crippen LogP contribution < -0.4 is 0 Å². The van der Waals surface area contributed by atoms with E-state index in [-0.39, 0.29) is 26.4 Å². The van der Waals surface area contributed by atoms with Crippen molar-refractivity contribution in [2.45, 2.75) is 39.3 Å². The Bertz CT molecular complexity index is 605. The van der Waals surface area contributed by atoms with Gasteiger partial charge in [-0.2, -0.15) is 0 Å². The first-order valence-corrected chi connectivity index (χ1v) is 12.3. The molecule has 6 nitrogen and oxygen atoms in total. The van der Waals surface area contributed by atoms with Crippen LogP contribution in [0.5, 0.6) is 0 Å². The van der Waals surface area contributed by atoms with E-state index in [2.05, 4.69) is 15.9 Å². The second-order valence-corrected chi connectivity index (χ2v) is 10.9. The molecule has 0 spiro atoms. The Morgan fingerprint density at radius 3 is 1.50 bits per heavy atom. The average Bonchev–Trinajstić information content (AvgIpc) is 2.57. The molecule has 0 amide bonds. The van der Waals surface area contributed by atoms with Crippen molar-refractivity contribution < 1.29 is 31.6 Å². The van der Waals surface area contributed by atoms with Crippen LogP contribution in [-0.2, 0) is 33.6 Å². The predicted octanol–water partition coefficient (Wildman–Crippen LogP) is 6.15. The highest BCUT2D eigenvalue weighted by atomic mass is 79.9. The lowest BCUT2D eigenvalue weighted by atomic mass is 10.2. The van der Waals surface area contributed by atoms with E-state index in [1.165, 1.54) is 0 Å². The van der Waals surface area contributed by atoms with Crippen molar-refractivity contribution in [2.75, 3.05) is 26.4 Å². The molecule has 0 heterocycles. The summed E-state index contributed by atoms with van der Waals surface area (Å²) in [7, 11) is -8.98. The molecule has 0 aliphatic heterocycles. The van der Waals surface area contributed by atoms with Crippen LogP contribution in [-0.4, -0.2) is 31.6 Å². The van der Waals surface area contributed by atoms with Crippen molar-refractivity contribution >= 4 is 31.1 Å². The maximum Gasteiger partial charge on any atom is 0.380 e. The van der Waals surface area contributed by atoms with E-state index in [0.717, 1.165) is 4.47 Å². The van der Waals surface area contributed by atoms with Crippen LogP contribution >= 0.6 is 31.1 Å². The summed E-state index contributed by atoms with van der Waals surface area (Å²) in [6.45, 7) is 5.89. The van der Waals surface area contributed by atoms with Crippen LogP contribution in [0.3, 0.4) is 0 Å². The monoisotopic (exact) mass is 474 g/mol. The van der Waals surface area contributed by atoms with Gasteiger partial charge >= 0.3 is 20.3 Å². The molecule has 10 heteroatoms. The summed E-state index contributed by atoms with van der Waals surface area (Å²) in [5.41, 5.74) is 0.454. The van der Waals surface area contributed by atoms with Crippen LogP contribution in [0.1, 0.15) is 33.3 Å². The number of rotatable bonds is 12. The summed E-state index contributed by atoms with van der Waals surface area (Å²) in [4.78, 5) is 0. The molecule has 26 heavy (non-hydrogen) atoms. The fourth-order valence-electron chi connectivity index (χ4n) is 2.36. The molecule has 0 aromatic heterocycles. The van der Waals surface area contributed by atoms with Crippen molar-refractivity contribution in [3.63, 3.8) is 0 Å². The van der Waals surface area contributed by atoms with E-state index < -0.39 is 26.8 Å². The van der Waals surface area contributed by atoms with E-state index in [1.54, 1.807) is 52.0 Å². The van der Waals surface area contributed by atoms with Gasteiger partial charge in [-0.1, -0.05) is 28.1 Å². The molecule has 0 saturated heterocycles.